The summed E-state index contributed by atoms with van der Waals surface area (Å²) in [5.74, 6) is 4.23. The number of rotatable bonds is 2. The molecular weight excluding hydrogens is 256 g/mol. The van der Waals surface area contributed by atoms with E-state index in [9.17, 15) is 0 Å². The average molecular weight is 274 g/mol. The molecule has 0 aliphatic heterocycles. The zero-order valence-corrected chi connectivity index (χ0v) is 11.6. The number of nitriles is 1. The molecule has 4 bridgehead atoms. The molecule has 4 saturated carbocycles. The van der Waals surface area contributed by atoms with Crippen molar-refractivity contribution < 1.29 is 0 Å². The predicted octanol–water partition coefficient (Wildman–Crippen LogP) is 2.83. The highest BCUT2D eigenvalue weighted by Gasteiger charge is 2.48. The van der Waals surface area contributed by atoms with E-state index in [0.717, 1.165) is 29.5 Å². The predicted molar refractivity (Wildman–Crippen MR) is 75.7 cm³/mol. The van der Waals surface area contributed by atoms with Gasteiger partial charge in [-0.05, 0) is 55.8 Å². The topological polar surface area (TPSA) is 74.7 Å². The Morgan fingerprint density at radius 3 is 2.37 bits per heavy atom. The van der Waals surface area contributed by atoms with Crippen molar-refractivity contribution in [1.82, 2.24) is 4.98 Å². The number of nitrogens with two attached hydrogens (primary N) is 1. The van der Waals surface area contributed by atoms with Gasteiger partial charge in [0, 0.05) is 6.04 Å². The van der Waals surface area contributed by atoms with Crippen LogP contribution in [0.15, 0.2) is 0 Å². The number of hydrogen-bond acceptors (Lipinski definition) is 5. The number of nitrogen functional groups attached to an aromatic ring is 1. The van der Waals surface area contributed by atoms with E-state index in [-0.39, 0.29) is 0 Å². The first-order chi connectivity index (χ1) is 9.22. The third-order valence-electron chi connectivity index (χ3n) is 5.28. The van der Waals surface area contributed by atoms with E-state index in [4.69, 9.17) is 11.0 Å². The van der Waals surface area contributed by atoms with Gasteiger partial charge in [-0.25, -0.2) is 4.98 Å². The third-order valence-corrected chi connectivity index (χ3v) is 6.06. The number of nitrogens with one attached hydrogen (secondary N) is 1. The highest BCUT2D eigenvalue weighted by Crippen LogP contribution is 2.54. The van der Waals surface area contributed by atoms with Gasteiger partial charge in [-0.2, -0.15) is 5.26 Å². The minimum atomic E-state index is 0.489. The number of anilines is 2. The van der Waals surface area contributed by atoms with E-state index in [1.54, 1.807) is 0 Å². The van der Waals surface area contributed by atoms with E-state index >= 15 is 0 Å². The normalized spacial score (nSPS) is 39.2. The Kier molecular flexibility index (Phi) is 2.49. The highest BCUT2D eigenvalue weighted by atomic mass is 32.1. The lowest BCUT2D eigenvalue weighted by Crippen LogP contribution is -2.51. The zero-order chi connectivity index (χ0) is 13.0. The first-order valence-electron chi connectivity index (χ1n) is 7.16. The fraction of sp³-hybridized carbons (Fsp3) is 0.714. The van der Waals surface area contributed by atoms with Crippen molar-refractivity contribution in [2.75, 3.05) is 11.1 Å². The molecule has 1 aromatic heterocycles. The summed E-state index contributed by atoms with van der Waals surface area (Å²) in [4.78, 5) is 4.93. The Balaban J connectivity index is 1.58. The summed E-state index contributed by atoms with van der Waals surface area (Å²) in [5, 5.41) is 13.2. The van der Waals surface area contributed by atoms with E-state index in [1.165, 1.54) is 43.4 Å². The van der Waals surface area contributed by atoms with Gasteiger partial charge in [0.2, 0.25) is 0 Å². The van der Waals surface area contributed by atoms with Crippen molar-refractivity contribution >= 4 is 22.3 Å². The molecule has 19 heavy (non-hydrogen) atoms. The number of hydrogen-bond donors (Lipinski definition) is 2. The van der Waals surface area contributed by atoms with Gasteiger partial charge in [0.25, 0.3) is 0 Å². The zero-order valence-electron chi connectivity index (χ0n) is 10.8. The van der Waals surface area contributed by atoms with E-state index < -0.39 is 0 Å². The van der Waals surface area contributed by atoms with Gasteiger partial charge in [0.15, 0.2) is 15.8 Å². The molecule has 0 unspecified atom stereocenters. The van der Waals surface area contributed by atoms with Gasteiger partial charge in [-0.15, -0.1) is 0 Å². The molecule has 1 heterocycles. The standard InChI is InChI=1S/C14H18N4S/c15-6-11-13(18-14(16)19-11)17-12-9-2-7-1-8(4-9)5-10(12)3-7/h7-10,12,17H,1-5H2,(H2,16,18). The van der Waals surface area contributed by atoms with E-state index in [0.29, 0.717) is 16.1 Å². The maximum absolute atomic E-state index is 9.14. The molecule has 3 N–H and O–H groups in total. The van der Waals surface area contributed by atoms with Crippen LogP contribution in [-0.2, 0) is 0 Å². The summed E-state index contributed by atoms with van der Waals surface area (Å²) in [5.41, 5.74) is 5.72. The minimum Gasteiger partial charge on any atom is -0.375 e. The van der Waals surface area contributed by atoms with Gasteiger partial charge >= 0.3 is 0 Å². The fourth-order valence-electron chi connectivity index (χ4n) is 4.83. The number of thiazole rings is 1. The van der Waals surface area contributed by atoms with Crippen molar-refractivity contribution in [3.8, 4) is 6.07 Å². The van der Waals surface area contributed by atoms with Crippen LogP contribution >= 0.6 is 11.3 Å². The van der Waals surface area contributed by atoms with Crippen LogP contribution in [0.1, 0.15) is 37.0 Å². The average Bonchev–Trinajstić information content (AvgIpc) is 2.73. The van der Waals surface area contributed by atoms with Crippen LogP contribution in [0.4, 0.5) is 10.9 Å². The first-order valence-corrected chi connectivity index (χ1v) is 7.97. The van der Waals surface area contributed by atoms with Crippen molar-refractivity contribution in [1.29, 1.82) is 5.26 Å². The SMILES string of the molecule is N#Cc1sc(N)nc1NC1C2CC3CC(C2)CC1C3. The van der Waals surface area contributed by atoms with E-state index in [2.05, 4.69) is 16.4 Å². The van der Waals surface area contributed by atoms with Crippen LogP contribution in [0, 0.1) is 35.0 Å². The van der Waals surface area contributed by atoms with Crippen molar-refractivity contribution in [3.05, 3.63) is 4.88 Å². The van der Waals surface area contributed by atoms with Crippen LogP contribution < -0.4 is 11.1 Å². The van der Waals surface area contributed by atoms with Gasteiger partial charge < -0.3 is 11.1 Å². The summed E-state index contributed by atoms with van der Waals surface area (Å²) >= 11 is 1.28. The molecule has 5 heteroatoms. The molecule has 0 aromatic carbocycles. The van der Waals surface area contributed by atoms with Crippen molar-refractivity contribution in [2.45, 2.75) is 38.1 Å². The number of nitrogens with zero attached hydrogens (tertiary/aromatic N) is 2. The Labute approximate surface area is 117 Å². The Morgan fingerprint density at radius 1 is 1.16 bits per heavy atom. The van der Waals surface area contributed by atoms with Gasteiger partial charge in [-0.3, -0.25) is 0 Å². The highest BCUT2D eigenvalue weighted by molar-refractivity contribution is 7.16. The molecule has 0 spiro atoms. The van der Waals surface area contributed by atoms with Gasteiger partial charge in [0.05, 0.1) is 0 Å². The summed E-state index contributed by atoms with van der Waals surface area (Å²) in [7, 11) is 0. The monoisotopic (exact) mass is 274 g/mol. The maximum Gasteiger partial charge on any atom is 0.183 e. The first kappa shape index (κ1) is 11.5. The molecule has 0 radical (unpaired) electrons. The molecule has 4 aliphatic carbocycles. The Morgan fingerprint density at radius 2 is 1.79 bits per heavy atom. The second kappa shape index (κ2) is 4.11. The Hall–Kier alpha value is -1.28. The van der Waals surface area contributed by atoms with E-state index in [1.807, 2.05) is 0 Å². The van der Waals surface area contributed by atoms with Crippen molar-refractivity contribution in [2.24, 2.45) is 23.7 Å². The van der Waals surface area contributed by atoms with Crippen LogP contribution in [0.2, 0.25) is 0 Å². The van der Waals surface area contributed by atoms with Crippen molar-refractivity contribution in [3.63, 3.8) is 0 Å². The quantitative estimate of drug-likeness (QED) is 0.869. The lowest BCUT2D eigenvalue weighted by molar-refractivity contribution is 0.00743. The molecule has 0 saturated heterocycles. The van der Waals surface area contributed by atoms with Crippen LogP contribution in [0.3, 0.4) is 0 Å². The fourth-order valence-corrected chi connectivity index (χ4v) is 5.42. The summed E-state index contributed by atoms with van der Waals surface area (Å²) in [6, 6.07) is 2.72. The van der Waals surface area contributed by atoms with Gasteiger partial charge in [0.1, 0.15) is 6.07 Å². The molecule has 5 rings (SSSR count). The minimum absolute atomic E-state index is 0.489. The molecular formula is C14H18N4S. The summed E-state index contributed by atoms with van der Waals surface area (Å²) < 4.78 is 0. The lowest BCUT2D eigenvalue weighted by Gasteiger charge is -2.54. The molecule has 0 amide bonds. The molecule has 1 aromatic rings. The maximum atomic E-state index is 9.14. The molecule has 0 atom stereocenters. The van der Waals surface area contributed by atoms with Crippen LogP contribution in [0.25, 0.3) is 0 Å². The molecule has 4 aliphatic rings. The molecule has 100 valence electrons. The van der Waals surface area contributed by atoms with Gasteiger partial charge in [-0.1, -0.05) is 11.3 Å². The second-order valence-corrected chi connectivity index (χ2v) is 7.47. The van der Waals surface area contributed by atoms with Crippen LogP contribution in [0.5, 0.6) is 0 Å². The smallest absolute Gasteiger partial charge is 0.183 e. The van der Waals surface area contributed by atoms with Crippen LogP contribution in [-0.4, -0.2) is 11.0 Å². The molecule has 4 fully saturated rings. The largest absolute Gasteiger partial charge is 0.375 e. The Bertz CT molecular complexity index is 516. The lowest BCUT2D eigenvalue weighted by atomic mass is 9.54. The summed E-state index contributed by atoms with van der Waals surface area (Å²) in [6.07, 6.45) is 6.93. The third kappa shape index (κ3) is 1.81. The summed E-state index contributed by atoms with van der Waals surface area (Å²) in [6.45, 7) is 0. The second-order valence-electron chi connectivity index (χ2n) is 6.44. The molecule has 4 nitrogen and oxygen atoms in total. The number of aromatic nitrogens is 1.